The van der Waals surface area contributed by atoms with Crippen molar-refractivity contribution in [1.82, 2.24) is 10.6 Å². The average molecular weight is 329 g/mol. The van der Waals surface area contributed by atoms with Crippen LogP contribution >= 0.6 is 0 Å². The molecule has 0 saturated carbocycles. The molecule has 1 rings (SSSR count). The number of hydrogen-bond donors (Lipinski definition) is 7. The summed E-state index contributed by atoms with van der Waals surface area (Å²) < 4.78 is 0. The van der Waals surface area contributed by atoms with E-state index in [0.29, 0.717) is 19.4 Å². The molecule has 130 valence electrons. The first-order valence-corrected chi connectivity index (χ1v) is 7.71. The Balaban J connectivity index is 2.55. The molecule has 0 radical (unpaired) electrons. The summed E-state index contributed by atoms with van der Waals surface area (Å²) >= 11 is 0. The van der Waals surface area contributed by atoms with Gasteiger partial charge in [-0.05, 0) is 12.8 Å². The molecule has 0 aromatic rings. The van der Waals surface area contributed by atoms with E-state index in [0.717, 1.165) is 19.4 Å². The van der Waals surface area contributed by atoms with Crippen LogP contribution in [0.4, 0.5) is 0 Å². The van der Waals surface area contributed by atoms with Crippen molar-refractivity contribution in [2.75, 3.05) is 19.6 Å². The molecule has 11 N–H and O–H groups in total. The second-order valence-electron chi connectivity index (χ2n) is 5.54. The van der Waals surface area contributed by atoms with E-state index in [1.165, 1.54) is 0 Å². The Kier molecular flexibility index (Phi) is 7.81. The monoisotopic (exact) mass is 329 g/mol. The maximum absolute atomic E-state index is 12.2. The molecule has 0 aliphatic carbocycles. The van der Waals surface area contributed by atoms with E-state index >= 15 is 0 Å². The second kappa shape index (κ2) is 9.62. The number of primary amides is 1. The Bertz CT molecular complexity index is 456. The van der Waals surface area contributed by atoms with Crippen molar-refractivity contribution in [2.45, 2.75) is 37.8 Å². The topological polar surface area (TPSA) is 184 Å². The van der Waals surface area contributed by atoms with Gasteiger partial charge in [0.25, 0.3) is 5.91 Å². The van der Waals surface area contributed by atoms with E-state index in [9.17, 15) is 14.4 Å². The number of guanidine groups is 1. The summed E-state index contributed by atoms with van der Waals surface area (Å²) in [6, 6.07) is -0.885. The second-order valence-corrected chi connectivity index (χ2v) is 5.54. The third-order valence-electron chi connectivity index (χ3n) is 3.58. The zero-order chi connectivity index (χ0) is 17.2. The molecule has 3 amide bonds. The van der Waals surface area contributed by atoms with Crippen LogP contribution in [-0.4, -0.2) is 55.4 Å². The van der Waals surface area contributed by atoms with Gasteiger partial charge in [-0.3, -0.25) is 30.8 Å². The fourth-order valence-electron chi connectivity index (χ4n) is 2.40. The van der Waals surface area contributed by atoms with E-state index in [2.05, 4.69) is 15.6 Å². The van der Waals surface area contributed by atoms with E-state index in [1.807, 2.05) is 5.32 Å². The Morgan fingerprint density at radius 1 is 1.26 bits per heavy atom. The smallest absolute Gasteiger partial charge is 0.338 e. The molecule has 1 aliphatic rings. The van der Waals surface area contributed by atoms with Gasteiger partial charge < -0.3 is 21.7 Å². The lowest BCUT2D eigenvalue weighted by Gasteiger charge is -2.19. The summed E-state index contributed by atoms with van der Waals surface area (Å²) in [5.74, 6) is -1.14. The minimum absolute atomic E-state index is 0.101. The lowest BCUT2D eigenvalue weighted by molar-refractivity contribution is -0.657. The van der Waals surface area contributed by atoms with Crippen LogP contribution in [0, 0.1) is 0 Å². The highest BCUT2D eigenvalue weighted by Crippen LogP contribution is 2.01. The van der Waals surface area contributed by atoms with Crippen LogP contribution in [0.25, 0.3) is 0 Å². The number of nitrogens with one attached hydrogen (secondary N) is 3. The van der Waals surface area contributed by atoms with E-state index < -0.39 is 17.9 Å². The molecule has 1 aliphatic heterocycles. The molecule has 1 saturated heterocycles. The zero-order valence-corrected chi connectivity index (χ0v) is 13.1. The molecule has 0 unspecified atom stereocenters. The Hall–Kier alpha value is -2.36. The van der Waals surface area contributed by atoms with Gasteiger partial charge in [0.15, 0.2) is 6.04 Å². The van der Waals surface area contributed by atoms with Crippen molar-refractivity contribution in [3.8, 4) is 0 Å². The molecule has 1 heterocycles. The van der Waals surface area contributed by atoms with Crippen molar-refractivity contribution >= 4 is 23.7 Å². The standard InChI is InChI=1S/C13H25N7O3/c14-10(21)7-19-11(22)9(4-2-6-18-13(15)16)20-12(23)8-3-1-5-17-8/h8-9,17H,1-7H2,(H2,14,21)(H,19,22)(H,20,23)(H4,15,16,18)/p+2/t8-,9-/m0/s1. The molecular weight excluding hydrogens is 302 g/mol. The normalized spacial score (nSPS) is 18.0. The summed E-state index contributed by atoms with van der Waals surface area (Å²) in [5.41, 5.74) is 15.6. The van der Waals surface area contributed by atoms with Crippen LogP contribution in [-0.2, 0) is 14.4 Å². The number of carbonyl (C=O) groups excluding carboxylic acids is 3. The number of carbonyl (C=O) groups is 3. The quantitative estimate of drug-likeness (QED) is 0.126. The largest absolute Gasteiger partial charge is 0.368 e. The highest BCUT2D eigenvalue weighted by Gasteiger charge is 2.30. The van der Waals surface area contributed by atoms with E-state index in [4.69, 9.17) is 17.2 Å². The van der Waals surface area contributed by atoms with E-state index in [1.54, 1.807) is 0 Å². The van der Waals surface area contributed by atoms with Gasteiger partial charge >= 0.3 is 5.96 Å². The van der Waals surface area contributed by atoms with Crippen molar-refractivity contribution < 1.29 is 24.7 Å². The first-order chi connectivity index (χ1) is 10.9. The lowest BCUT2D eigenvalue weighted by atomic mass is 10.1. The van der Waals surface area contributed by atoms with Gasteiger partial charge in [0, 0.05) is 12.8 Å². The minimum atomic E-state index is -0.725. The fourth-order valence-corrected chi connectivity index (χ4v) is 2.40. The Morgan fingerprint density at radius 3 is 2.57 bits per heavy atom. The van der Waals surface area contributed by atoms with Crippen LogP contribution in [0.1, 0.15) is 25.7 Å². The third kappa shape index (κ3) is 7.45. The number of quaternary nitrogens is 1. The number of rotatable bonds is 9. The fraction of sp³-hybridized carbons (Fsp3) is 0.692. The average Bonchev–Trinajstić information content (AvgIpc) is 3.01. The van der Waals surface area contributed by atoms with Gasteiger partial charge in [-0.1, -0.05) is 0 Å². The van der Waals surface area contributed by atoms with Crippen molar-refractivity contribution in [3.05, 3.63) is 0 Å². The summed E-state index contributed by atoms with van der Waals surface area (Å²) in [5, 5.41) is 7.11. The molecule has 1 fully saturated rings. The summed E-state index contributed by atoms with van der Waals surface area (Å²) in [7, 11) is 0. The molecule has 0 aromatic heterocycles. The number of nitrogens with two attached hydrogens (primary N) is 4. The Labute approximate surface area is 134 Å². The summed E-state index contributed by atoms with van der Waals surface area (Å²) in [4.78, 5) is 37.8. The van der Waals surface area contributed by atoms with Crippen molar-refractivity contribution in [3.63, 3.8) is 0 Å². The van der Waals surface area contributed by atoms with Crippen LogP contribution in [0.15, 0.2) is 0 Å². The molecule has 2 atom stereocenters. The molecule has 0 bridgehead atoms. The molecule has 10 nitrogen and oxygen atoms in total. The number of amides is 3. The van der Waals surface area contributed by atoms with Gasteiger partial charge in [0.2, 0.25) is 11.8 Å². The zero-order valence-electron chi connectivity index (χ0n) is 13.1. The molecule has 0 aromatic carbocycles. The predicted octanol–water partition coefficient (Wildman–Crippen LogP) is -6.07. The first kappa shape index (κ1) is 18.7. The highest BCUT2D eigenvalue weighted by molar-refractivity contribution is 5.91. The molecule has 0 spiro atoms. The SMILES string of the molecule is NC(=O)CNC(=O)[C@H](CCC[NH+]=C(N)N)NC(=O)[C@@H]1CCC[NH2+]1. The van der Waals surface area contributed by atoms with Gasteiger partial charge in [-0.2, -0.15) is 0 Å². The van der Waals surface area contributed by atoms with Gasteiger partial charge in [0.05, 0.1) is 19.6 Å². The maximum atomic E-state index is 12.2. The molecular formula is C13H27N7O3+2. The summed E-state index contributed by atoms with van der Waals surface area (Å²) in [6.45, 7) is 1.13. The predicted molar refractivity (Wildman–Crippen MR) is 82.4 cm³/mol. The first-order valence-electron chi connectivity index (χ1n) is 7.71. The van der Waals surface area contributed by atoms with Crippen molar-refractivity contribution in [1.29, 1.82) is 0 Å². The van der Waals surface area contributed by atoms with Gasteiger partial charge in [-0.15, -0.1) is 0 Å². The van der Waals surface area contributed by atoms with Gasteiger partial charge in [0.1, 0.15) is 6.04 Å². The van der Waals surface area contributed by atoms with Crippen LogP contribution < -0.4 is 38.1 Å². The van der Waals surface area contributed by atoms with Crippen LogP contribution in [0.5, 0.6) is 0 Å². The van der Waals surface area contributed by atoms with Crippen LogP contribution in [0.3, 0.4) is 0 Å². The minimum Gasteiger partial charge on any atom is -0.368 e. The summed E-state index contributed by atoms with van der Waals surface area (Å²) in [6.07, 6.45) is 2.73. The highest BCUT2D eigenvalue weighted by atomic mass is 16.2. The molecule has 23 heavy (non-hydrogen) atoms. The maximum Gasteiger partial charge on any atom is 0.338 e. The van der Waals surface area contributed by atoms with Gasteiger partial charge in [-0.25, -0.2) is 0 Å². The van der Waals surface area contributed by atoms with E-state index in [-0.39, 0.29) is 24.5 Å². The molecule has 10 heteroatoms. The third-order valence-corrected chi connectivity index (χ3v) is 3.58. The number of hydrogen-bond acceptors (Lipinski definition) is 3. The van der Waals surface area contributed by atoms with Crippen molar-refractivity contribution in [2.24, 2.45) is 17.2 Å². The van der Waals surface area contributed by atoms with Crippen LogP contribution in [0.2, 0.25) is 0 Å². The Morgan fingerprint density at radius 2 is 2.00 bits per heavy atom. The lowest BCUT2D eigenvalue weighted by Crippen LogP contribution is -2.89.